The molecule has 0 bridgehead atoms. The van der Waals surface area contributed by atoms with Crippen molar-refractivity contribution in [3.05, 3.63) is 23.8 Å². The highest BCUT2D eigenvalue weighted by molar-refractivity contribution is 5.43. The molecule has 1 aliphatic heterocycles. The van der Waals surface area contributed by atoms with Gasteiger partial charge in [-0.05, 0) is 64.3 Å². The van der Waals surface area contributed by atoms with Crippen LogP contribution in [0, 0.1) is 0 Å². The fourth-order valence-corrected chi connectivity index (χ4v) is 3.57. The van der Waals surface area contributed by atoms with Gasteiger partial charge in [0.2, 0.25) is 0 Å². The Labute approximate surface area is 171 Å². The number of unbranched alkanes of at least 4 members (excludes halogenated alkanes) is 1. The van der Waals surface area contributed by atoms with E-state index < -0.39 is 6.10 Å². The summed E-state index contributed by atoms with van der Waals surface area (Å²) < 4.78 is 11.4. The number of aliphatic hydroxyl groups excluding tert-OH is 1. The van der Waals surface area contributed by atoms with Gasteiger partial charge in [0.05, 0.1) is 7.11 Å². The fraction of sp³-hybridized carbons (Fsp3) is 0.727. The highest BCUT2D eigenvalue weighted by Crippen LogP contribution is 2.28. The van der Waals surface area contributed by atoms with Crippen molar-refractivity contribution < 1.29 is 14.6 Å². The molecule has 1 saturated heterocycles. The van der Waals surface area contributed by atoms with Crippen molar-refractivity contribution in [2.24, 2.45) is 0 Å². The van der Waals surface area contributed by atoms with Crippen LogP contribution in [-0.4, -0.2) is 93.0 Å². The lowest BCUT2D eigenvalue weighted by Crippen LogP contribution is -2.37. The molecule has 28 heavy (non-hydrogen) atoms. The van der Waals surface area contributed by atoms with Gasteiger partial charge in [-0.2, -0.15) is 0 Å². The maximum Gasteiger partial charge on any atom is 0.161 e. The number of β-amino-alcohol motifs (C(OH)–C–C–N with tert-alkyl or cyclic N) is 1. The lowest BCUT2D eigenvalue weighted by molar-refractivity contribution is 0.0685. The van der Waals surface area contributed by atoms with Crippen molar-refractivity contribution in [1.29, 1.82) is 0 Å². The lowest BCUT2D eigenvalue weighted by atomic mass is 10.2. The molecule has 1 N–H and O–H groups in total. The van der Waals surface area contributed by atoms with Gasteiger partial charge in [-0.1, -0.05) is 19.4 Å². The van der Waals surface area contributed by atoms with Crippen LogP contribution >= 0.6 is 0 Å². The number of rotatable bonds is 11. The minimum Gasteiger partial charge on any atom is -0.493 e. The van der Waals surface area contributed by atoms with Crippen LogP contribution in [0.25, 0.3) is 0 Å². The number of aliphatic hydroxyl groups is 1. The molecule has 1 aromatic rings. The number of hydrogen-bond acceptors (Lipinski definition) is 6. The highest BCUT2D eigenvalue weighted by atomic mass is 16.5. The molecule has 1 aromatic carbocycles. The molecule has 6 nitrogen and oxygen atoms in total. The summed E-state index contributed by atoms with van der Waals surface area (Å²) in [6.45, 7) is 9.30. The van der Waals surface area contributed by atoms with E-state index in [1.54, 1.807) is 7.11 Å². The Bertz CT molecular complexity index is 570. The smallest absolute Gasteiger partial charge is 0.161 e. The topological polar surface area (TPSA) is 48.4 Å². The second-order valence-electron chi connectivity index (χ2n) is 8.00. The van der Waals surface area contributed by atoms with Crippen molar-refractivity contribution >= 4 is 0 Å². The first kappa shape index (κ1) is 22.9. The number of methoxy groups -OCH3 is 1. The van der Waals surface area contributed by atoms with Gasteiger partial charge in [0.15, 0.2) is 11.5 Å². The molecule has 0 radical (unpaired) electrons. The average Bonchev–Trinajstić information content (AvgIpc) is 2.89. The number of nitrogens with zero attached hydrogens (tertiary/aromatic N) is 3. The zero-order valence-corrected chi connectivity index (χ0v) is 18.2. The number of likely N-dealkylation sites (N-methyl/N-ethyl adjacent to an activating group) is 1. The normalized spacial score (nSPS) is 17.5. The van der Waals surface area contributed by atoms with Gasteiger partial charge in [0, 0.05) is 26.2 Å². The maximum atomic E-state index is 10.5. The van der Waals surface area contributed by atoms with Crippen LogP contribution in [0.3, 0.4) is 0 Å². The molecule has 1 aliphatic rings. The Kier molecular flexibility index (Phi) is 10.1. The van der Waals surface area contributed by atoms with E-state index in [9.17, 15) is 5.11 Å². The van der Waals surface area contributed by atoms with Crippen LogP contribution in [0.1, 0.15) is 31.7 Å². The van der Waals surface area contributed by atoms with Gasteiger partial charge in [-0.25, -0.2) is 0 Å². The molecule has 1 heterocycles. The molecule has 1 unspecified atom stereocenters. The highest BCUT2D eigenvalue weighted by Gasteiger charge is 2.17. The van der Waals surface area contributed by atoms with E-state index in [-0.39, 0.29) is 6.61 Å². The zero-order chi connectivity index (χ0) is 20.4. The van der Waals surface area contributed by atoms with E-state index in [0.29, 0.717) is 18.0 Å². The third kappa shape index (κ3) is 7.95. The SMILES string of the molecule is CCCCN(C)Cc1ccc(OC)c(OCC(O)CN2CCCN(C)CC2)c1. The summed E-state index contributed by atoms with van der Waals surface area (Å²) in [4.78, 5) is 6.99. The predicted molar refractivity (Wildman–Crippen MR) is 114 cm³/mol. The third-order valence-corrected chi connectivity index (χ3v) is 5.29. The lowest BCUT2D eigenvalue weighted by Gasteiger charge is -2.24. The Morgan fingerprint density at radius 1 is 1.18 bits per heavy atom. The summed E-state index contributed by atoms with van der Waals surface area (Å²) in [5.41, 5.74) is 1.19. The summed E-state index contributed by atoms with van der Waals surface area (Å²) in [7, 11) is 5.95. The standard InChI is InChI=1S/C22H39N3O3/c1-5-6-10-24(3)16-19-8-9-21(27-4)22(15-19)28-18-20(26)17-25-12-7-11-23(2)13-14-25/h8-9,15,20,26H,5-7,10-14,16-18H2,1-4H3. The third-order valence-electron chi connectivity index (χ3n) is 5.29. The van der Waals surface area contributed by atoms with Crippen molar-refractivity contribution in [3.8, 4) is 11.5 Å². The quantitative estimate of drug-likeness (QED) is 0.623. The second-order valence-corrected chi connectivity index (χ2v) is 8.00. The number of ether oxygens (including phenoxy) is 2. The maximum absolute atomic E-state index is 10.5. The van der Waals surface area contributed by atoms with Crippen LogP contribution < -0.4 is 9.47 Å². The van der Waals surface area contributed by atoms with E-state index in [1.807, 2.05) is 12.1 Å². The first-order chi connectivity index (χ1) is 13.5. The minimum atomic E-state index is -0.510. The average molecular weight is 394 g/mol. The number of hydrogen-bond donors (Lipinski definition) is 1. The van der Waals surface area contributed by atoms with Gasteiger partial charge in [0.1, 0.15) is 12.7 Å². The molecule has 160 valence electrons. The van der Waals surface area contributed by atoms with E-state index in [4.69, 9.17) is 9.47 Å². The fourth-order valence-electron chi connectivity index (χ4n) is 3.57. The first-order valence-corrected chi connectivity index (χ1v) is 10.6. The monoisotopic (exact) mass is 393 g/mol. The molecule has 1 atom stereocenters. The molecule has 0 amide bonds. The van der Waals surface area contributed by atoms with Gasteiger partial charge in [0.25, 0.3) is 0 Å². The largest absolute Gasteiger partial charge is 0.493 e. The Hall–Kier alpha value is -1.34. The molecule has 0 saturated carbocycles. The molecule has 0 spiro atoms. The number of benzene rings is 1. The zero-order valence-electron chi connectivity index (χ0n) is 18.2. The first-order valence-electron chi connectivity index (χ1n) is 10.6. The summed E-state index contributed by atoms with van der Waals surface area (Å²) in [6.07, 6.45) is 3.04. The molecule has 0 aromatic heterocycles. The van der Waals surface area contributed by atoms with E-state index in [0.717, 1.165) is 45.7 Å². The predicted octanol–water partition coefficient (Wildman–Crippen LogP) is 2.30. The van der Waals surface area contributed by atoms with Gasteiger partial charge in [-0.15, -0.1) is 0 Å². The molecule has 6 heteroatoms. The minimum absolute atomic E-state index is 0.276. The van der Waals surface area contributed by atoms with E-state index in [2.05, 4.69) is 41.8 Å². The van der Waals surface area contributed by atoms with Gasteiger partial charge >= 0.3 is 0 Å². The summed E-state index contributed by atoms with van der Waals surface area (Å²) in [5.74, 6) is 1.42. The van der Waals surface area contributed by atoms with Gasteiger partial charge in [-0.3, -0.25) is 4.90 Å². The Balaban J connectivity index is 1.87. The molecule has 0 aliphatic carbocycles. The Morgan fingerprint density at radius 2 is 2.00 bits per heavy atom. The van der Waals surface area contributed by atoms with Crippen molar-refractivity contribution in [3.63, 3.8) is 0 Å². The van der Waals surface area contributed by atoms with Crippen LogP contribution in [0.15, 0.2) is 18.2 Å². The molecular formula is C22H39N3O3. The molecule has 1 fully saturated rings. The second kappa shape index (κ2) is 12.3. The summed E-state index contributed by atoms with van der Waals surface area (Å²) >= 11 is 0. The van der Waals surface area contributed by atoms with Crippen LogP contribution in [0.2, 0.25) is 0 Å². The van der Waals surface area contributed by atoms with Crippen molar-refractivity contribution in [2.75, 3.05) is 67.1 Å². The molecule has 2 rings (SSSR count). The van der Waals surface area contributed by atoms with Crippen molar-refractivity contribution in [1.82, 2.24) is 14.7 Å². The molecular weight excluding hydrogens is 354 g/mol. The Morgan fingerprint density at radius 3 is 2.75 bits per heavy atom. The van der Waals surface area contributed by atoms with Crippen molar-refractivity contribution in [2.45, 2.75) is 38.8 Å². The summed E-state index contributed by atoms with van der Waals surface area (Å²) in [6, 6.07) is 6.07. The van der Waals surface area contributed by atoms with E-state index in [1.165, 1.54) is 18.4 Å². The van der Waals surface area contributed by atoms with Crippen LogP contribution in [-0.2, 0) is 6.54 Å². The van der Waals surface area contributed by atoms with Crippen LogP contribution in [0.4, 0.5) is 0 Å². The van der Waals surface area contributed by atoms with Gasteiger partial charge < -0.3 is 24.4 Å². The van der Waals surface area contributed by atoms with E-state index >= 15 is 0 Å². The van der Waals surface area contributed by atoms with Crippen LogP contribution in [0.5, 0.6) is 11.5 Å². The summed E-state index contributed by atoms with van der Waals surface area (Å²) in [5, 5.41) is 10.5.